The van der Waals surface area contributed by atoms with Crippen LogP contribution >= 0.6 is 0 Å². The van der Waals surface area contributed by atoms with Crippen LogP contribution in [0.4, 0.5) is 0 Å². The molecule has 4 rings (SSSR count). The Kier molecular flexibility index (Phi) is 2.77. The quantitative estimate of drug-likeness (QED) is 0.616. The highest BCUT2D eigenvalue weighted by Crippen LogP contribution is 2.48. The van der Waals surface area contributed by atoms with Crippen molar-refractivity contribution in [3.63, 3.8) is 0 Å². The van der Waals surface area contributed by atoms with E-state index in [1.54, 1.807) is 33.4 Å². The standard InChI is InChI=1S/C20H20/c1-14-10-11-19-17(12-14)13-16-8-5-9-18(20(16)19)15-6-3-2-4-7-15/h2-4,6-8,12H,5,9-11,13H2,1H3. The van der Waals surface area contributed by atoms with Crippen molar-refractivity contribution in [1.29, 1.82) is 0 Å². The molecule has 1 aromatic rings. The van der Waals surface area contributed by atoms with Gasteiger partial charge in [-0.2, -0.15) is 0 Å². The Hall–Kier alpha value is -1.82. The van der Waals surface area contributed by atoms with E-state index >= 15 is 0 Å². The van der Waals surface area contributed by atoms with Gasteiger partial charge < -0.3 is 0 Å². The van der Waals surface area contributed by atoms with Crippen LogP contribution in [0, 0.1) is 0 Å². The van der Waals surface area contributed by atoms with Gasteiger partial charge in [0.05, 0.1) is 0 Å². The highest BCUT2D eigenvalue weighted by Gasteiger charge is 2.29. The monoisotopic (exact) mass is 260 g/mol. The summed E-state index contributed by atoms with van der Waals surface area (Å²) in [6.45, 7) is 2.27. The zero-order chi connectivity index (χ0) is 13.5. The molecule has 0 radical (unpaired) electrons. The molecule has 0 bridgehead atoms. The van der Waals surface area contributed by atoms with Crippen molar-refractivity contribution in [1.82, 2.24) is 0 Å². The first-order valence-electron chi connectivity index (χ1n) is 7.70. The first kappa shape index (κ1) is 12.0. The molecular formula is C20H20. The average molecular weight is 260 g/mol. The molecular weight excluding hydrogens is 240 g/mol. The number of hydrogen-bond acceptors (Lipinski definition) is 0. The van der Waals surface area contributed by atoms with Crippen LogP contribution in [-0.2, 0) is 0 Å². The Labute approximate surface area is 121 Å². The van der Waals surface area contributed by atoms with E-state index in [-0.39, 0.29) is 0 Å². The van der Waals surface area contributed by atoms with E-state index in [1.165, 1.54) is 37.7 Å². The second-order valence-corrected chi connectivity index (χ2v) is 6.16. The second-order valence-electron chi connectivity index (χ2n) is 6.16. The van der Waals surface area contributed by atoms with Gasteiger partial charge in [-0.1, -0.05) is 48.1 Å². The molecule has 0 heterocycles. The third-order valence-electron chi connectivity index (χ3n) is 4.79. The largest absolute Gasteiger partial charge is 0.0800 e. The Morgan fingerprint density at radius 3 is 2.60 bits per heavy atom. The third kappa shape index (κ3) is 1.83. The molecule has 0 spiro atoms. The van der Waals surface area contributed by atoms with Crippen LogP contribution in [0.3, 0.4) is 0 Å². The normalized spacial score (nSPS) is 21.4. The molecule has 0 atom stereocenters. The van der Waals surface area contributed by atoms with Gasteiger partial charge in [0.1, 0.15) is 0 Å². The van der Waals surface area contributed by atoms with Gasteiger partial charge in [-0.05, 0) is 72.5 Å². The minimum absolute atomic E-state index is 1.17. The molecule has 0 amide bonds. The van der Waals surface area contributed by atoms with Crippen molar-refractivity contribution in [3.8, 4) is 0 Å². The molecule has 3 aliphatic carbocycles. The van der Waals surface area contributed by atoms with Crippen LogP contribution < -0.4 is 0 Å². The van der Waals surface area contributed by atoms with Gasteiger partial charge in [0, 0.05) is 0 Å². The van der Waals surface area contributed by atoms with Gasteiger partial charge >= 0.3 is 0 Å². The van der Waals surface area contributed by atoms with Crippen molar-refractivity contribution in [2.75, 3.05) is 0 Å². The highest BCUT2D eigenvalue weighted by molar-refractivity contribution is 5.82. The molecule has 0 aromatic heterocycles. The van der Waals surface area contributed by atoms with Crippen LogP contribution in [0.2, 0.25) is 0 Å². The molecule has 3 aliphatic rings. The van der Waals surface area contributed by atoms with E-state index in [0.29, 0.717) is 0 Å². The number of fused-ring (bicyclic) bond motifs is 2. The summed E-state index contributed by atoms with van der Waals surface area (Å²) < 4.78 is 0. The fraction of sp³-hybridized carbons (Fsp3) is 0.300. The van der Waals surface area contributed by atoms with Crippen LogP contribution in [0.25, 0.3) is 5.57 Å². The van der Waals surface area contributed by atoms with Gasteiger partial charge in [-0.15, -0.1) is 0 Å². The van der Waals surface area contributed by atoms with Gasteiger partial charge in [-0.25, -0.2) is 0 Å². The summed E-state index contributed by atoms with van der Waals surface area (Å²) in [7, 11) is 0. The van der Waals surface area contributed by atoms with Crippen molar-refractivity contribution in [2.45, 2.75) is 39.0 Å². The molecule has 0 saturated heterocycles. The fourth-order valence-corrected chi connectivity index (χ4v) is 3.86. The van der Waals surface area contributed by atoms with Gasteiger partial charge in [0.2, 0.25) is 0 Å². The molecule has 0 saturated carbocycles. The number of rotatable bonds is 1. The van der Waals surface area contributed by atoms with Crippen molar-refractivity contribution in [3.05, 3.63) is 75.9 Å². The van der Waals surface area contributed by atoms with E-state index in [1.807, 2.05) is 0 Å². The summed E-state index contributed by atoms with van der Waals surface area (Å²) in [6.07, 6.45) is 10.9. The van der Waals surface area contributed by atoms with Crippen molar-refractivity contribution >= 4 is 5.57 Å². The summed E-state index contributed by atoms with van der Waals surface area (Å²) in [6, 6.07) is 11.0. The van der Waals surface area contributed by atoms with E-state index in [0.717, 1.165) is 0 Å². The third-order valence-corrected chi connectivity index (χ3v) is 4.79. The zero-order valence-corrected chi connectivity index (χ0v) is 12.1. The SMILES string of the molecule is CC1=CC2=C(CC1)C1=C(c3ccccc3)CCC=C1C2. The second kappa shape index (κ2) is 4.63. The maximum Gasteiger partial charge on any atom is -0.00199 e. The van der Waals surface area contributed by atoms with Gasteiger partial charge in [-0.3, -0.25) is 0 Å². The first-order valence-corrected chi connectivity index (χ1v) is 7.70. The lowest BCUT2D eigenvalue weighted by Gasteiger charge is -2.21. The lowest BCUT2D eigenvalue weighted by molar-refractivity contribution is 0.906. The maximum absolute atomic E-state index is 2.48. The Bertz CT molecular complexity index is 678. The molecule has 20 heavy (non-hydrogen) atoms. The highest BCUT2D eigenvalue weighted by atomic mass is 14.3. The van der Waals surface area contributed by atoms with Crippen molar-refractivity contribution in [2.24, 2.45) is 0 Å². The van der Waals surface area contributed by atoms with E-state index in [9.17, 15) is 0 Å². The summed E-state index contributed by atoms with van der Waals surface area (Å²) in [4.78, 5) is 0. The lowest BCUT2D eigenvalue weighted by atomic mass is 9.84. The first-order chi connectivity index (χ1) is 9.83. The van der Waals surface area contributed by atoms with E-state index in [4.69, 9.17) is 0 Å². The molecule has 1 aromatic carbocycles. The predicted molar refractivity (Wildman–Crippen MR) is 85.3 cm³/mol. The van der Waals surface area contributed by atoms with Crippen LogP contribution in [0.5, 0.6) is 0 Å². The minimum atomic E-state index is 1.17. The summed E-state index contributed by atoms with van der Waals surface area (Å²) in [5.41, 5.74) is 11.0. The summed E-state index contributed by atoms with van der Waals surface area (Å²) >= 11 is 0. The summed E-state index contributed by atoms with van der Waals surface area (Å²) in [5, 5.41) is 0. The van der Waals surface area contributed by atoms with Crippen molar-refractivity contribution < 1.29 is 0 Å². The molecule has 0 unspecified atom stereocenters. The summed E-state index contributed by atoms with van der Waals surface area (Å²) in [5.74, 6) is 0. The van der Waals surface area contributed by atoms with Crippen LogP contribution in [0.1, 0.15) is 44.6 Å². The molecule has 0 N–H and O–H groups in total. The van der Waals surface area contributed by atoms with Crippen LogP contribution in [-0.4, -0.2) is 0 Å². The average Bonchev–Trinajstić information content (AvgIpc) is 2.85. The Morgan fingerprint density at radius 2 is 1.75 bits per heavy atom. The number of benzene rings is 1. The van der Waals surface area contributed by atoms with E-state index < -0.39 is 0 Å². The minimum Gasteiger partial charge on any atom is -0.0800 e. The number of hydrogen-bond donors (Lipinski definition) is 0. The van der Waals surface area contributed by atoms with E-state index in [2.05, 4.69) is 49.4 Å². The molecule has 100 valence electrons. The molecule has 0 fully saturated rings. The number of allylic oxidation sites excluding steroid dienone is 8. The van der Waals surface area contributed by atoms with Gasteiger partial charge in [0.25, 0.3) is 0 Å². The zero-order valence-electron chi connectivity index (χ0n) is 12.1. The smallest absolute Gasteiger partial charge is 0.00199 e. The van der Waals surface area contributed by atoms with Gasteiger partial charge in [0.15, 0.2) is 0 Å². The van der Waals surface area contributed by atoms with Crippen LogP contribution in [0.15, 0.2) is 70.3 Å². The molecule has 0 aliphatic heterocycles. The topological polar surface area (TPSA) is 0 Å². The molecule has 0 heteroatoms. The Morgan fingerprint density at radius 1 is 0.900 bits per heavy atom. The predicted octanol–water partition coefficient (Wildman–Crippen LogP) is 5.60. The Balaban J connectivity index is 1.90. The fourth-order valence-electron chi connectivity index (χ4n) is 3.86. The molecule has 0 nitrogen and oxygen atoms in total. The maximum atomic E-state index is 2.48. The lowest BCUT2D eigenvalue weighted by Crippen LogP contribution is -2.01.